The number of carbonyl (C=O) groups excluding carboxylic acids is 1. The van der Waals surface area contributed by atoms with Gasteiger partial charge in [-0.05, 0) is 36.8 Å². The Bertz CT molecular complexity index is 670. The van der Waals surface area contributed by atoms with Crippen molar-refractivity contribution in [2.75, 3.05) is 26.1 Å². The van der Waals surface area contributed by atoms with Gasteiger partial charge in [0, 0.05) is 25.8 Å². The highest BCUT2D eigenvalue weighted by atomic mass is 16.5. The molecule has 0 spiro atoms. The summed E-state index contributed by atoms with van der Waals surface area (Å²) in [7, 11) is 5.53. The van der Waals surface area contributed by atoms with E-state index in [1.165, 1.54) is 6.08 Å². The van der Waals surface area contributed by atoms with Crippen molar-refractivity contribution in [2.45, 2.75) is 6.92 Å². The van der Waals surface area contributed by atoms with E-state index in [2.05, 4.69) is 4.99 Å². The topological polar surface area (TPSA) is 67.9 Å². The van der Waals surface area contributed by atoms with Crippen LogP contribution in [0, 0.1) is 0 Å². The Morgan fingerprint density at radius 2 is 1.95 bits per heavy atom. The van der Waals surface area contributed by atoms with Crippen LogP contribution in [0.15, 0.2) is 46.6 Å². The van der Waals surface area contributed by atoms with Gasteiger partial charge in [0.05, 0.1) is 18.5 Å². The van der Waals surface area contributed by atoms with Gasteiger partial charge in [0.25, 0.3) is 0 Å². The zero-order chi connectivity index (χ0) is 15.6. The van der Waals surface area contributed by atoms with Gasteiger partial charge < -0.3 is 15.4 Å². The normalized spacial score (nSPS) is 16.6. The summed E-state index contributed by atoms with van der Waals surface area (Å²) in [5.74, 6) is 0.492. The van der Waals surface area contributed by atoms with Gasteiger partial charge in [-0.3, -0.25) is 4.79 Å². The number of aliphatic imine (C=N–C) groups is 1. The number of anilines is 1. The van der Waals surface area contributed by atoms with E-state index in [0.29, 0.717) is 17.1 Å². The van der Waals surface area contributed by atoms with E-state index in [-0.39, 0.29) is 11.5 Å². The first-order valence-electron chi connectivity index (χ1n) is 6.56. The van der Waals surface area contributed by atoms with Crippen LogP contribution in [0.25, 0.3) is 0 Å². The van der Waals surface area contributed by atoms with Crippen LogP contribution in [0.1, 0.15) is 6.92 Å². The van der Waals surface area contributed by atoms with Crippen molar-refractivity contribution in [1.29, 1.82) is 0 Å². The lowest BCUT2D eigenvalue weighted by molar-refractivity contribution is -0.111. The van der Waals surface area contributed by atoms with Crippen molar-refractivity contribution >= 4 is 22.9 Å². The van der Waals surface area contributed by atoms with E-state index in [0.717, 1.165) is 11.3 Å². The molecule has 21 heavy (non-hydrogen) atoms. The minimum Gasteiger partial charge on any atom is -0.494 e. The summed E-state index contributed by atoms with van der Waals surface area (Å²) in [6.45, 7) is 1.83. The predicted molar refractivity (Wildman–Crippen MR) is 85.5 cm³/mol. The standard InChI is InChI=1S/C16H19N3O2/c1-10-7-15(20)12(17)9-14(10)18-13-6-5-11(19(2)3)8-16(13)21-4/h5-9H,17H2,1-4H3. The molecule has 5 nitrogen and oxygen atoms in total. The molecular weight excluding hydrogens is 266 g/mol. The van der Waals surface area contributed by atoms with Crippen molar-refractivity contribution < 1.29 is 9.53 Å². The third kappa shape index (κ3) is 3.13. The molecule has 1 aliphatic rings. The van der Waals surface area contributed by atoms with Gasteiger partial charge in [-0.1, -0.05) is 0 Å². The molecule has 1 aliphatic carbocycles. The Kier molecular flexibility index (Phi) is 4.12. The van der Waals surface area contributed by atoms with Gasteiger partial charge in [0.1, 0.15) is 11.4 Å². The van der Waals surface area contributed by atoms with E-state index in [1.54, 1.807) is 13.2 Å². The highest BCUT2D eigenvalue weighted by Crippen LogP contribution is 2.32. The third-order valence-electron chi connectivity index (χ3n) is 3.25. The fourth-order valence-electron chi connectivity index (χ4n) is 1.97. The maximum absolute atomic E-state index is 11.5. The molecule has 1 aromatic rings. The van der Waals surface area contributed by atoms with Crippen LogP contribution >= 0.6 is 0 Å². The number of allylic oxidation sites excluding steroid dienone is 3. The second kappa shape index (κ2) is 5.83. The minimum atomic E-state index is -0.179. The van der Waals surface area contributed by atoms with Crippen LogP contribution in [-0.2, 0) is 4.79 Å². The van der Waals surface area contributed by atoms with Crippen molar-refractivity contribution in [3.63, 3.8) is 0 Å². The Labute approximate surface area is 124 Å². The molecule has 0 unspecified atom stereocenters. The molecule has 1 aromatic carbocycles. The molecule has 0 aliphatic heterocycles. The lowest BCUT2D eigenvalue weighted by atomic mass is 10.0. The zero-order valence-corrected chi connectivity index (χ0v) is 12.7. The van der Waals surface area contributed by atoms with E-state index in [4.69, 9.17) is 10.5 Å². The summed E-state index contributed by atoms with van der Waals surface area (Å²) in [6, 6.07) is 5.76. The molecule has 0 fully saturated rings. The van der Waals surface area contributed by atoms with Crippen molar-refractivity contribution in [3.05, 3.63) is 41.6 Å². The molecule has 0 saturated carbocycles. The summed E-state index contributed by atoms with van der Waals surface area (Å²) >= 11 is 0. The third-order valence-corrected chi connectivity index (χ3v) is 3.25. The number of rotatable bonds is 3. The number of hydrogen-bond donors (Lipinski definition) is 1. The fraction of sp³-hybridized carbons (Fsp3) is 0.250. The Morgan fingerprint density at radius 1 is 1.24 bits per heavy atom. The largest absolute Gasteiger partial charge is 0.494 e. The van der Waals surface area contributed by atoms with Crippen molar-refractivity contribution in [2.24, 2.45) is 10.7 Å². The van der Waals surface area contributed by atoms with Gasteiger partial charge in [-0.25, -0.2) is 4.99 Å². The second-order valence-electron chi connectivity index (χ2n) is 5.04. The molecule has 0 amide bonds. The molecule has 110 valence electrons. The first-order valence-corrected chi connectivity index (χ1v) is 6.56. The molecule has 0 aromatic heterocycles. The van der Waals surface area contributed by atoms with Gasteiger partial charge in [0.2, 0.25) is 5.78 Å². The maximum Gasteiger partial charge on any atom is 0.201 e. The minimum absolute atomic E-state index is 0.179. The van der Waals surface area contributed by atoms with Crippen LogP contribution in [-0.4, -0.2) is 32.7 Å². The number of methoxy groups -OCH3 is 1. The summed E-state index contributed by atoms with van der Waals surface area (Å²) < 4.78 is 5.39. The molecule has 0 saturated heterocycles. The summed E-state index contributed by atoms with van der Waals surface area (Å²) in [6.07, 6.45) is 3.09. The molecular formula is C16H19N3O2. The van der Waals surface area contributed by atoms with Gasteiger partial charge in [-0.2, -0.15) is 0 Å². The number of nitrogens with zero attached hydrogens (tertiary/aromatic N) is 2. The SMILES string of the molecule is COc1cc(N(C)C)ccc1N=C1C=C(N)C(=O)C=C1C. The molecule has 0 bridgehead atoms. The van der Waals surface area contributed by atoms with E-state index >= 15 is 0 Å². The van der Waals surface area contributed by atoms with Crippen LogP contribution in [0.5, 0.6) is 5.75 Å². The summed E-state index contributed by atoms with van der Waals surface area (Å²) in [5, 5.41) is 0. The first kappa shape index (κ1) is 14.8. The van der Waals surface area contributed by atoms with Gasteiger partial charge in [0.15, 0.2) is 0 Å². The predicted octanol–water partition coefficient (Wildman–Crippen LogP) is 2.21. The lowest BCUT2D eigenvalue weighted by Crippen LogP contribution is -2.17. The monoisotopic (exact) mass is 285 g/mol. The number of carbonyl (C=O) groups is 1. The highest BCUT2D eigenvalue weighted by Gasteiger charge is 2.14. The Hall–Kier alpha value is -2.56. The molecule has 5 heteroatoms. The molecule has 2 rings (SSSR count). The first-order chi connectivity index (χ1) is 9.92. The van der Waals surface area contributed by atoms with Crippen molar-refractivity contribution in [1.82, 2.24) is 0 Å². The summed E-state index contributed by atoms with van der Waals surface area (Å²) in [5.41, 5.74) is 9.04. The van der Waals surface area contributed by atoms with Crippen LogP contribution in [0.3, 0.4) is 0 Å². The average Bonchev–Trinajstić information content (AvgIpc) is 2.44. The number of benzene rings is 1. The summed E-state index contributed by atoms with van der Waals surface area (Å²) in [4.78, 5) is 18.0. The van der Waals surface area contributed by atoms with Gasteiger partial charge in [-0.15, -0.1) is 0 Å². The number of ether oxygens (including phenoxy) is 1. The number of ketones is 1. The quantitative estimate of drug-likeness (QED) is 0.865. The fourth-order valence-corrected chi connectivity index (χ4v) is 1.97. The maximum atomic E-state index is 11.5. The van der Waals surface area contributed by atoms with Crippen LogP contribution in [0.2, 0.25) is 0 Å². The highest BCUT2D eigenvalue weighted by molar-refractivity contribution is 6.22. The molecule has 0 heterocycles. The van der Waals surface area contributed by atoms with Gasteiger partial charge >= 0.3 is 0 Å². The van der Waals surface area contributed by atoms with E-state index in [9.17, 15) is 4.79 Å². The van der Waals surface area contributed by atoms with Crippen LogP contribution in [0.4, 0.5) is 11.4 Å². The second-order valence-corrected chi connectivity index (χ2v) is 5.04. The van der Waals surface area contributed by atoms with Crippen molar-refractivity contribution in [3.8, 4) is 5.75 Å². The van der Waals surface area contributed by atoms with Crippen LogP contribution < -0.4 is 15.4 Å². The van der Waals surface area contributed by atoms with E-state index in [1.807, 2.05) is 44.1 Å². The lowest BCUT2D eigenvalue weighted by Gasteiger charge is -2.15. The molecule has 0 atom stereocenters. The molecule has 0 radical (unpaired) electrons. The number of nitrogens with two attached hydrogens (primary N) is 1. The smallest absolute Gasteiger partial charge is 0.201 e. The van der Waals surface area contributed by atoms with E-state index < -0.39 is 0 Å². The Morgan fingerprint density at radius 3 is 2.57 bits per heavy atom. The zero-order valence-electron chi connectivity index (χ0n) is 12.7. The molecule has 2 N–H and O–H groups in total. The Balaban J connectivity index is 2.46. The number of hydrogen-bond acceptors (Lipinski definition) is 5. The average molecular weight is 285 g/mol.